The number of hydrogen-bond acceptors (Lipinski definition) is 5. The van der Waals surface area contributed by atoms with Gasteiger partial charge in [-0.25, -0.2) is 8.42 Å². The first-order valence-electron chi connectivity index (χ1n) is 13.1. The van der Waals surface area contributed by atoms with Gasteiger partial charge in [-0.1, -0.05) is 67.0 Å². The monoisotopic (exact) mass is 629 g/mol. The average molecular weight is 631 g/mol. The minimum Gasteiger partial charge on any atom is -0.497 e. The summed E-state index contributed by atoms with van der Waals surface area (Å²) in [6.45, 7) is 5.92. The summed E-state index contributed by atoms with van der Waals surface area (Å²) in [6, 6.07) is 21.1. The number of amides is 2. The van der Waals surface area contributed by atoms with Crippen LogP contribution < -0.4 is 14.4 Å². The van der Waals surface area contributed by atoms with E-state index in [2.05, 4.69) is 21.2 Å². The highest BCUT2D eigenvalue weighted by molar-refractivity contribution is 9.10. The second-order valence-corrected chi connectivity index (χ2v) is 12.5. The first kappa shape index (κ1) is 31.2. The van der Waals surface area contributed by atoms with Crippen LogP contribution in [0, 0.1) is 5.92 Å². The van der Waals surface area contributed by atoms with E-state index in [-0.39, 0.29) is 23.3 Å². The Morgan fingerprint density at radius 1 is 0.950 bits per heavy atom. The second kappa shape index (κ2) is 14.3. The van der Waals surface area contributed by atoms with Crippen LogP contribution in [0.5, 0.6) is 5.75 Å². The maximum Gasteiger partial charge on any atom is 0.264 e. The van der Waals surface area contributed by atoms with Crippen molar-refractivity contribution in [1.29, 1.82) is 0 Å². The van der Waals surface area contributed by atoms with Gasteiger partial charge in [0.25, 0.3) is 10.0 Å². The van der Waals surface area contributed by atoms with Crippen LogP contribution in [0.1, 0.15) is 32.8 Å². The highest BCUT2D eigenvalue weighted by Gasteiger charge is 2.33. The highest BCUT2D eigenvalue weighted by atomic mass is 79.9. The summed E-state index contributed by atoms with van der Waals surface area (Å²) in [5, 5.41) is 2.93. The summed E-state index contributed by atoms with van der Waals surface area (Å²) in [5.41, 5.74) is 1.12. The molecular weight excluding hydrogens is 594 g/mol. The van der Waals surface area contributed by atoms with E-state index in [0.717, 1.165) is 14.3 Å². The Hall–Kier alpha value is -3.37. The summed E-state index contributed by atoms with van der Waals surface area (Å²) in [5.74, 6) is 0.124. The highest BCUT2D eigenvalue weighted by Crippen LogP contribution is 2.26. The van der Waals surface area contributed by atoms with Gasteiger partial charge in [-0.05, 0) is 66.4 Å². The quantitative estimate of drug-likeness (QED) is 0.279. The van der Waals surface area contributed by atoms with Crippen molar-refractivity contribution in [3.8, 4) is 5.75 Å². The molecule has 40 heavy (non-hydrogen) atoms. The Morgan fingerprint density at radius 2 is 1.57 bits per heavy atom. The molecule has 2 amide bonds. The van der Waals surface area contributed by atoms with E-state index in [0.29, 0.717) is 24.4 Å². The first-order chi connectivity index (χ1) is 19.1. The van der Waals surface area contributed by atoms with Gasteiger partial charge in [0.1, 0.15) is 18.3 Å². The molecule has 0 saturated heterocycles. The van der Waals surface area contributed by atoms with E-state index in [1.54, 1.807) is 61.7 Å². The normalized spacial score (nSPS) is 12.1. The van der Waals surface area contributed by atoms with Crippen LogP contribution in [0.15, 0.2) is 88.2 Å². The fourth-order valence-corrected chi connectivity index (χ4v) is 5.82. The third-order valence-corrected chi connectivity index (χ3v) is 8.62. The lowest BCUT2D eigenvalue weighted by molar-refractivity contribution is -0.140. The Labute approximate surface area is 245 Å². The van der Waals surface area contributed by atoms with E-state index in [1.165, 1.54) is 17.0 Å². The number of anilines is 1. The number of halogens is 1. The minimum atomic E-state index is -4.10. The SMILES string of the molecule is CCC(C(=O)NCC(C)C)N(Cc1ccc(OC)cc1)C(=O)CN(c1ccc(Br)cc1)S(=O)(=O)c1ccccc1. The van der Waals surface area contributed by atoms with Crippen molar-refractivity contribution in [2.75, 3.05) is 24.5 Å². The molecule has 3 rings (SSSR count). The summed E-state index contributed by atoms with van der Waals surface area (Å²) in [4.78, 5) is 28.8. The molecule has 0 bridgehead atoms. The van der Waals surface area contributed by atoms with Gasteiger partial charge in [-0.15, -0.1) is 0 Å². The van der Waals surface area contributed by atoms with Crippen molar-refractivity contribution in [3.05, 3.63) is 88.9 Å². The van der Waals surface area contributed by atoms with Gasteiger partial charge in [0.05, 0.1) is 17.7 Å². The first-order valence-corrected chi connectivity index (χ1v) is 15.3. The number of sulfonamides is 1. The number of rotatable bonds is 13. The molecule has 0 aliphatic heterocycles. The van der Waals surface area contributed by atoms with Crippen LogP contribution in [0.2, 0.25) is 0 Å². The van der Waals surface area contributed by atoms with Crippen molar-refractivity contribution in [3.63, 3.8) is 0 Å². The van der Waals surface area contributed by atoms with E-state index in [9.17, 15) is 18.0 Å². The molecule has 8 nitrogen and oxygen atoms in total. The van der Waals surface area contributed by atoms with Crippen LogP contribution in [0.4, 0.5) is 5.69 Å². The van der Waals surface area contributed by atoms with Crippen molar-refractivity contribution in [1.82, 2.24) is 10.2 Å². The Morgan fingerprint density at radius 3 is 2.12 bits per heavy atom. The number of carbonyl (C=O) groups excluding carboxylic acids is 2. The number of nitrogens with one attached hydrogen (secondary N) is 1. The zero-order chi connectivity index (χ0) is 29.3. The van der Waals surface area contributed by atoms with E-state index in [4.69, 9.17) is 4.74 Å². The van der Waals surface area contributed by atoms with Crippen LogP contribution in [-0.4, -0.2) is 51.4 Å². The van der Waals surface area contributed by atoms with Crippen LogP contribution in [0.25, 0.3) is 0 Å². The maximum atomic E-state index is 14.0. The number of carbonyl (C=O) groups is 2. The number of hydrogen-bond donors (Lipinski definition) is 1. The van der Waals surface area contributed by atoms with Crippen LogP contribution >= 0.6 is 15.9 Å². The van der Waals surface area contributed by atoms with Gasteiger partial charge in [0.2, 0.25) is 11.8 Å². The predicted octanol–water partition coefficient (Wildman–Crippen LogP) is 5.23. The fraction of sp³-hybridized carbons (Fsp3) is 0.333. The van der Waals surface area contributed by atoms with Gasteiger partial charge in [0, 0.05) is 17.6 Å². The van der Waals surface area contributed by atoms with Crippen molar-refractivity contribution >= 4 is 43.5 Å². The molecule has 214 valence electrons. The summed E-state index contributed by atoms with van der Waals surface area (Å²) in [7, 11) is -2.53. The molecule has 0 aliphatic carbocycles. The van der Waals surface area contributed by atoms with E-state index in [1.807, 2.05) is 32.9 Å². The van der Waals surface area contributed by atoms with Gasteiger partial charge >= 0.3 is 0 Å². The molecule has 0 radical (unpaired) electrons. The van der Waals surface area contributed by atoms with E-state index < -0.39 is 28.5 Å². The third kappa shape index (κ3) is 8.08. The molecule has 0 fully saturated rings. The molecule has 3 aromatic rings. The zero-order valence-corrected chi connectivity index (χ0v) is 25.6. The molecular formula is C30H36BrN3O5S. The molecule has 0 heterocycles. The molecule has 3 aromatic carbocycles. The van der Waals surface area contributed by atoms with Gasteiger partial charge in [0.15, 0.2) is 0 Å². The van der Waals surface area contributed by atoms with Crippen LogP contribution in [-0.2, 0) is 26.2 Å². The lowest BCUT2D eigenvalue weighted by atomic mass is 10.1. The molecule has 1 unspecified atom stereocenters. The summed E-state index contributed by atoms with van der Waals surface area (Å²) < 4.78 is 34.7. The topological polar surface area (TPSA) is 96.0 Å². The predicted molar refractivity (Wildman–Crippen MR) is 161 cm³/mol. The molecule has 0 aromatic heterocycles. The minimum absolute atomic E-state index is 0.0640. The average Bonchev–Trinajstić information content (AvgIpc) is 2.95. The summed E-state index contributed by atoms with van der Waals surface area (Å²) >= 11 is 3.38. The van der Waals surface area contributed by atoms with Crippen molar-refractivity contribution in [2.45, 2.75) is 44.7 Å². The number of nitrogens with zero attached hydrogens (tertiary/aromatic N) is 2. The standard InChI is InChI=1S/C30H36BrN3O5S/c1-5-28(30(36)32-19-22(2)3)33(20-23-11-17-26(39-4)18-12-23)29(35)21-34(25-15-13-24(31)14-16-25)40(37,38)27-9-7-6-8-10-27/h6-18,22,28H,5,19-21H2,1-4H3,(H,32,36). The largest absolute Gasteiger partial charge is 0.497 e. The summed E-state index contributed by atoms with van der Waals surface area (Å²) in [6.07, 6.45) is 0.357. The number of ether oxygens (including phenoxy) is 1. The van der Waals surface area contributed by atoms with Gasteiger partial charge < -0.3 is 15.0 Å². The smallest absolute Gasteiger partial charge is 0.264 e. The van der Waals surface area contributed by atoms with Gasteiger partial charge in [-0.2, -0.15) is 0 Å². The van der Waals surface area contributed by atoms with Crippen LogP contribution in [0.3, 0.4) is 0 Å². The van der Waals surface area contributed by atoms with Crippen molar-refractivity contribution < 1.29 is 22.7 Å². The van der Waals surface area contributed by atoms with E-state index >= 15 is 0 Å². The van der Waals surface area contributed by atoms with Gasteiger partial charge in [-0.3, -0.25) is 13.9 Å². The third-order valence-electron chi connectivity index (χ3n) is 6.31. The van der Waals surface area contributed by atoms with Crippen molar-refractivity contribution in [2.24, 2.45) is 5.92 Å². The lowest BCUT2D eigenvalue weighted by Gasteiger charge is -2.33. The Kier molecular flexibility index (Phi) is 11.2. The Bertz CT molecular complexity index is 1360. The molecule has 0 spiro atoms. The molecule has 10 heteroatoms. The Balaban J connectivity index is 2.02. The molecule has 1 N–H and O–H groups in total. The molecule has 0 aliphatic rings. The zero-order valence-electron chi connectivity index (χ0n) is 23.2. The fourth-order valence-electron chi connectivity index (χ4n) is 4.13. The lowest BCUT2D eigenvalue weighted by Crippen LogP contribution is -2.52. The maximum absolute atomic E-state index is 14.0. The second-order valence-electron chi connectivity index (χ2n) is 9.73. The number of benzene rings is 3. The number of methoxy groups -OCH3 is 1. The molecule has 1 atom stereocenters. The molecule has 0 saturated carbocycles.